The molecule has 0 radical (unpaired) electrons. The minimum absolute atomic E-state index is 0.0341. The molecule has 0 spiro atoms. The van der Waals surface area contributed by atoms with E-state index >= 15 is 0 Å². The van der Waals surface area contributed by atoms with Crippen molar-refractivity contribution in [3.8, 4) is 5.75 Å². The molecule has 1 aromatic carbocycles. The van der Waals surface area contributed by atoms with E-state index in [1.54, 1.807) is 6.07 Å². The molecule has 1 nitrogen and oxygen atoms in total. The van der Waals surface area contributed by atoms with Gasteiger partial charge in [0, 0.05) is 0 Å². The van der Waals surface area contributed by atoms with Gasteiger partial charge in [0.2, 0.25) is 0 Å². The van der Waals surface area contributed by atoms with E-state index in [1.165, 1.54) is 5.56 Å². The van der Waals surface area contributed by atoms with Crippen LogP contribution in [-0.4, -0.2) is 5.11 Å². The largest absolute Gasteiger partial charge is 0.508 e. The van der Waals surface area contributed by atoms with E-state index in [0.717, 1.165) is 11.1 Å². The van der Waals surface area contributed by atoms with Crippen LogP contribution in [0.2, 0.25) is 0 Å². The lowest BCUT2D eigenvalue weighted by atomic mass is 9.80. The Morgan fingerprint density at radius 1 is 1.29 bits per heavy atom. The predicted molar refractivity (Wildman–Crippen MR) is 61.6 cm³/mol. The molecular weight excluding hydrogens is 172 g/mol. The highest BCUT2D eigenvalue weighted by molar-refractivity contribution is 5.59. The smallest absolute Gasteiger partial charge is 0.118 e. The van der Waals surface area contributed by atoms with Gasteiger partial charge < -0.3 is 5.11 Å². The molecular formula is C13H18O. The van der Waals surface area contributed by atoms with E-state index in [-0.39, 0.29) is 5.41 Å². The van der Waals surface area contributed by atoms with Crippen molar-refractivity contribution < 1.29 is 5.11 Å². The van der Waals surface area contributed by atoms with Crippen molar-refractivity contribution >= 4 is 6.08 Å². The van der Waals surface area contributed by atoms with Crippen LogP contribution in [-0.2, 0) is 5.41 Å². The second-order valence-electron chi connectivity index (χ2n) is 4.63. The highest BCUT2D eigenvalue weighted by Crippen LogP contribution is 2.34. The van der Waals surface area contributed by atoms with Gasteiger partial charge in [0.1, 0.15) is 5.75 Å². The van der Waals surface area contributed by atoms with Gasteiger partial charge in [-0.15, -0.1) is 0 Å². The summed E-state index contributed by atoms with van der Waals surface area (Å²) in [7, 11) is 0. The lowest BCUT2D eigenvalue weighted by molar-refractivity contribution is 0.465. The van der Waals surface area contributed by atoms with Crippen molar-refractivity contribution in [3.63, 3.8) is 0 Å². The molecule has 0 saturated carbocycles. The van der Waals surface area contributed by atoms with Crippen molar-refractivity contribution in [2.45, 2.75) is 33.1 Å². The van der Waals surface area contributed by atoms with Gasteiger partial charge in [-0.25, -0.2) is 0 Å². The van der Waals surface area contributed by atoms with Gasteiger partial charge >= 0.3 is 0 Å². The molecule has 0 atom stereocenters. The second-order valence-corrected chi connectivity index (χ2v) is 4.63. The Kier molecular flexibility index (Phi) is 2.70. The van der Waals surface area contributed by atoms with Gasteiger partial charge in [-0.05, 0) is 35.1 Å². The van der Waals surface area contributed by atoms with Gasteiger partial charge in [0.15, 0.2) is 0 Å². The first-order valence-corrected chi connectivity index (χ1v) is 4.83. The molecule has 1 N–H and O–H groups in total. The highest BCUT2D eigenvalue weighted by atomic mass is 16.3. The first-order valence-electron chi connectivity index (χ1n) is 4.83. The Balaban J connectivity index is 3.51. The predicted octanol–water partition coefficient (Wildman–Crippen LogP) is 3.64. The summed E-state index contributed by atoms with van der Waals surface area (Å²) in [6, 6.07) is 3.64. The highest BCUT2D eigenvalue weighted by Gasteiger charge is 2.20. The van der Waals surface area contributed by atoms with Crippen LogP contribution < -0.4 is 0 Å². The van der Waals surface area contributed by atoms with Crippen molar-refractivity contribution in [2.24, 2.45) is 0 Å². The molecule has 0 heterocycles. The van der Waals surface area contributed by atoms with E-state index in [0.29, 0.717) is 5.75 Å². The fraction of sp³-hybridized carbons (Fsp3) is 0.385. The summed E-state index contributed by atoms with van der Waals surface area (Å²) in [5, 5.41) is 9.65. The van der Waals surface area contributed by atoms with Crippen LogP contribution in [0.15, 0.2) is 18.7 Å². The van der Waals surface area contributed by atoms with Crippen LogP contribution in [0.1, 0.15) is 37.5 Å². The third kappa shape index (κ3) is 1.82. The fourth-order valence-electron chi connectivity index (χ4n) is 1.89. The average Bonchev–Trinajstić information content (AvgIpc) is 2.07. The molecule has 0 aliphatic carbocycles. The number of rotatable bonds is 1. The molecule has 1 heteroatoms. The van der Waals surface area contributed by atoms with E-state index in [1.807, 2.05) is 19.1 Å². The number of phenols is 1. The number of aromatic hydroxyl groups is 1. The second kappa shape index (κ2) is 3.49. The minimum Gasteiger partial charge on any atom is -0.508 e. The summed E-state index contributed by atoms with van der Waals surface area (Å²) in [5.41, 5.74) is 3.27. The first kappa shape index (κ1) is 10.8. The molecule has 1 rings (SSSR count). The van der Waals surface area contributed by atoms with Crippen molar-refractivity contribution in [1.29, 1.82) is 0 Å². The molecule has 0 saturated heterocycles. The third-order valence-electron chi connectivity index (χ3n) is 2.44. The molecule has 0 amide bonds. The van der Waals surface area contributed by atoms with Gasteiger partial charge in [0.05, 0.1) is 0 Å². The quantitative estimate of drug-likeness (QED) is 0.716. The first-order chi connectivity index (χ1) is 6.38. The minimum atomic E-state index is 0.0341. The van der Waals surface area contributed by atoms with E-state index in [2.05, 4.69) is 27.4 Å². The normalized spacial score (nSPS) is 11.4. The zero-order chi connectivity index (χ0) is 10.9. The summed E-state index contributed by atoms with van der Waals surface area (Å²) in [6.07, 6.45) is 1.84. The van der Waals surface area contributed by atoms with Crippen LogP contribution in [0, 0.1) is 6.92 Å². The summed E-state index contributed by atoms with van der Waals surface area (Å²) in [5.74, 6) is 0.362. The zero-order valence-electron chi connectivity index (χ0n) is 9.39. The number of hydrogen-bond acceptors (Lipinski definition) is 1. The Labute approximate surface area is 86.1 Å². The van der Waals surface area contributed by atoms with E-state index < -0.39 is 0 Å². The van der Waals surface area contributed by atoms with Gasteiger partial charge in [-0.3, -0.25) is 0 Å². The van der Waals surface area contributed by atoms with Crippen molar-refractivity contribution in [2.75, 3.05) is 0 Å². The van der Waals surface area contributed by atoms with Gasteiger partial charge in [-0.2, -0.15) is 0 Å². The monoisotopic (exact) mass is 190 g/mol. The number of hydrogen-bond donors (Lipinski definition) is 1. The number of phenolic OH excluding ortho intramolecular Hbond substituents is 1. The Bertz CT molecular complexity index is 356. The summed E-state index contributed by atoms with van der Waals surface area (Å²) >= 11 is 0. The Morgan fingerprint density at radius 3 is 2.29 bits per heavy atom. The molecule has 76 valence electrons. The molecule has 0 bridgehead atoms. The molecule has 0 aliphatic rings. The van der Waals surface area contributed by atoms with Gasteiger partial charge in [-0.1, -0.05) is 39.5 Å². The maximum atomic E-state index is 9.65. The Hall–Kier alpha value is -1.24. The van der Waals surface area contributed by atoms with Gasteiger partial charge in [0.25, 0.3) is 0 Å². The summed E-state index contributed by atoms with van der Waals surface area (Å²) in [4.78, 5) is 0. The number of benzene rings is 1. The summed E-state index contributed by atoms with van der Waals surface area (Å²) < 4.78 is 0. The third-order valence-corrected chi connectivity index (χ3v) is 2.44. The Morgan fingerprint density at radius 2 is 1.86 bits per heavy atom. The topological polar surface area (TPSA) is 20.2 Å². The summed E-state index contributed by atoms with van der Waals surface area (Å²) in [6.45, 7) is 12.2. The molecule has 0 aromatic heterocycles. The molecule has 1 aromatic rings. The lowest BCUT2D eigenvalue weighted by Crippen LogP contribution is -2.15. The molecule has 14 heavy (non-hydrogen) atoms. The maximum absolute atomic E-state index is 9.65. The average molecular weight is 190 g/mol. The standard InChI is InChI=1S/C13H18O/c1-6-10-7-8-11(14)9(2)12(10)13(3,4)5/h6-8,14H,1H2,2-5H3. The molecule has 0 fully saturated rings. The molecule has 0 aliphatic heterocycles. The maximum Gasteiger partial charge on any atom is 0.118 e. The van der Waals surface area contributed by atoms with E-state index in [9.17, 15) is 5.11 Å². The zero-order valence-corrected chi connectivity index (χ0v) is 9.39. The van der Waals surface area contributed by atoms with Crippen LogP contribution >= 0.6 is 0 Å². The lowest BCUT2D eigenvalue weighted by Gasteiger charge is -2.24. The van der Waals surface area contributed by atoms with Crippen molar-refractivity contribution in [3.05, 3.63) is 35.4 Å². The van der Waals surface area contributed by atoms with Crippen LogP contribution in [0.3, 0.4) is 0 Å². The van der Waals surface area contributed by atoms with Crippen LogP contribution in [0.4, 0.5) is 0 Å². The van der Waals surface area contributed by atoms with Crippen LogP contribution in [0.25, 0.3) is 6.08 Å². The van der Waals surface area contributed by atoms with Crippen molar-refractivity contribution in [1.82, 2.24) is 0 Å². The molecule has 0 unspecified atom stereocenters. The van der Waals surface area contributed by atoms with E-state index in [4.69, 9.17) is 0 Å². The van der Waals surface area contributed by atoms with Crippen LogP contribution in [0.5, 0.6) is 5.75 Å². The SMILES string of the molecule is C=Cc1ccc(O)c(C)c1C(C)(C)C. The fourth-order valence-corrected chi connectivity index (χ4v) is 1.89.